The Morgan fingerprint density at radius 1 is 1.31 bits per heavy atom. The number of thioether (sulfide) groups is 1. The fourth-order valence-electron chi connectivity index (χ4n) is 3.13. The molecule has 2 atom stereocenters. The third kappa shape index (κ3) is 4.37. The molecule has 2 heterocycles. The van der Waals surface area contributed by atoms with Crippen LogP contribution in [0.15, 0.2) is 29.3 Å². The summed E-state index contributed by atoms with van der Waals surface area (Å²) in [6.07, 6.45) is 0.657. The first-order valence-electron chi connectivity index (χ1n) is 8.37. The Balaban J connectivity index is 1.71. The summed E-state index contributed by atoms with van der Waals surface area (Å²) in [7, 11) is 0.325. The van der Waals surface area contributed by atoms with Crippen LogP contribution in [0, 0.1) is 5.82 Å². The first-order chi connectivity index (χ1) is 12.2. The van der Waals surface area contributed by atoms with E-state index in [0.717, 1.165) is 10.7 Å². The standard InChI is InChI=1S/C17H22FN3O3S2/c1-20(2)16(22)9-25-17-19-14-10-26(23,24)11-15(14)21(17)8-7-12-3-5-13(18)6-4-12/h3-6,14-15H,7-11H2,1-2H3/t14-,15+/m1/s1. The summed E-state index contributed by atoms with van der Waals surface area (Å²) in [5, 5.41) is 0.729. The Bertz CT molecular complexity index is 809. The molecule has 0 aliphatic carbocycles. The maximum absolute atomic E-state index is 13.1. The second-order valence-corrected chi connectivity index (χ2v) is 9.87. The minimum absolute atomic E-state index is 0.0131. The summed E-state index contributed by atoms with van der Waals surface area (Å²) in [5.41, 5.74) is 0.976. The van der Waals surface area contributed by atoms with Crippen LogP contribution in [-0.4, -0.2) is 79.3 Å². The second kappa shape index (κ2) is 7.56. The van der Waals surface area contributed by atoms with Crippen molar-refractivity contribution in [2.24, 2.45) is 4.99 Å². The smallest absolute Gasteiger partial charge is 0.232 e. The van der Waals surface area contributed by atoms with Crippen molar-refractivity contribution < 1.29 is 17.6 Å². The molecule has 26 heavy (non-hydrogen) atoms. The number of amidine groups is 1. The molecule has 1 fully saturated rings. The number of sulfone groups is 1. The van der Waals surface area contributed by atoms with Crippen LogP contribution in [0.3, 0.4) is 0 Å². The molecular formula is C17H22FN3O3S2. The van der Waals surface area contributed by atoms with E-state index in [1.807, 2.05) is 4.90 Å². The van der Waals surface area contributed by atoms with Gasteiger partial charge in [-0.2, -0.15) is 0 Å². The van der Waals surface area contributed by atoms with Gasteiger partial charge in [0.1, 0.15) is 5.82 Å². The summed E-state index contributed by atoms with van der Waals surface area (Å²) in [6, 6.07) is 5.87. The Morgan fingerprint density at radius 2 is 2.00 bits per heavy atom. The maximum atomic E-state index is 13.1. The topological polar surface area (TPSA) is 70.0 Å². The van der Waals surface area contributed by atoms with Gasteiger partial charge in [-0.15, -0.1) is 0 Å². The van der Waals surface area contributed by atoms with Crippen LogP contribution in [0.1, 0.15) is 5.56 Å². The molecule has 1 aromatic carbocycles. The van der Waals surface area contributed by atoms with Crippen LogP contribution in [0.2, 0.25) is 0 Å². The summed E-state index contributed by atoms with van der Waals surface area (Å²) < 4.78 is 37.0. The van der Waals surface area contributed by atoms with Crippen molar-refractivity contribution in [2.75, 3.05) is 37.9 Å². The van der Waals surface area contributed by atoms with E-state index < -0.39 is 9.84 Å². The fraction of sp³-hybridized carbons (Fsp3) is 0.529. The number of fused-ring (bicyclic) bond motifs is 1. The van der Waals surface area contributed by atoms with Crippen LogP contribution in [0.4, 0.5) is 4.39 Å². The molecule has 0 spiro atoms. The first kappa shape index (κ1) is 19.2. The number of aliphatic imine (C=N–C) groups is 1. The number of halogens is 1. The highest BCUT2D eigenvalue weighted by Gasteiger charge is 2.46. The lowest BCUT2D eigenvalue weighted by molar-refractivity contribution is -0.125. The number of nitrogens with zero attached hydrogens (tertiary/aromatic N) is 3. The normalized spacial score (nSPS) is 23.7. The quantitative estimate of drug-likeness (QED) is 0.740. The number of hydrogen-bond donors (Lipinski definition) is 0. The molecule has 0 N–H and O–H groups in total. The molecule has 2 aliphatic heterocycles. The minimum atomic E-state index is -3.08. The Morgan fingerprint density at radius 3 is 2.65 bits per heavy atom. The van der Waals surface area contributed by atoms with Crippen LogP contribution in [0.5, 0.6) is 0 Å². The average Bonchev–Trinajstić information content (AvgIpc) is 3.03. The lowest BCUT2D eigenvalue weighted by Crippen LogP contribution is -2.40. The molecule has 0 unspecified atom stereocenters. The first-order valence-corrected chi connectivity index (χ1v) is 11.2. The van der Waals surface area contributed by atoms with Crippen molar-refractivity contribution in [3.63, 3.8) is 0 Å². The molecule has 1 saturated heterocycles. The van der Waals surface area contributed by atoms with Gasteiger partial charge in [-0.05, 0) is 24.1 Å². The number of rotatable bonds is 5. The number of carbonyl (C=O) groups excluding carboxylic acids is 1. The molecule has 1 amide bonds. The van der Waals surface area contributed by atoms with Gasteiger partial charge in [0.2, 0.25) is 5.91 Å². The van der Waals surface area contributed by atoms with Crippen molar-refractivity contribution in [1.82, 2.24) is 9.80 Å². The lowest BCUT2D eigenvalue weighted by Gasteiger charge is -2.26. The zero-order valence-electron chi connectivity index (χ0n) is 14.8. The maximum Gasteiger partial charge on any atom is 0.232 e. The largest absolute Gasteiger partial charge is 0.348 e. The van der Waals surface area contributed by atoms with Gasteiger partial charge in [0.15, 0.2) is 15.0 Å². The molecule has 2 aliphatic rings. The molecule has 6 nitrogen and oxygen atoms in total. The van der Waals surface area contributed by atoms with E-state index >= 15 is 0 Å². The molecule has 9 heteroatoms. The van der Waals surface area contributed by atoms with E-state index in [2.05, 4.69) is 4.99 Å². The zero-order chi connectivity index (χ0) is 18.9. The van der Waals surface area contributed by atoms with Crippen molar-refractivity contribution in [3.05, 3.63) is 35.6 Å². The fourth-order valence-corrected chi connectivity index (χ4v) is 6.12. The number of hydrogen-bond acceptors (Lipinski definition) is 6. The highest BCUT2D eigenvalue weighted by atomic mass is 32.2. The van der Waals surface area contributed by atoms with E-state index in [1.54, 1.807) is 26.2 Å². The van der Waals surface area contributed by atoms with Gasteiger partial charge >= 0.3 is 0 Å². The number of benzene rings is 1. The van der Waals surface area contributed by atoms with E-state index in [9.17, 15) is 17.6 Å². The molecule has 1 aromatic rings. The van der Waals surface area contributed by atoms with Crippen molar-refractivity contribution in [2.45, 2.75) is 18.5 Å². The molecule has 142 valence electrons. The second-order valence-electron chi connectivity index (χ2n) is 6.77. The summed E-state index contributed by atoms with van der Waals surface area (Å²) in [4.78, 5) is 20.0. The molecule has 0 bridgehead atoms. The highest BCUT2D eigenvalue weighted by Crippen LogP contribution is 2.31. The molecule has 0 aromatic heterocycles. The predicted octanol–water partition coefficient (Wildman–Crippen LogP) is 1.03. The molecule has 0 saturated carbocycles. The third-order valence-electron chi connectivity index (χ3n) is 4.59. The molecular weight excluding hydrogens is 377 g/mol. The predicted molar refractivity (Wildman–Crippen MR) is 102 cm³/mol. The van der Waals surface area contributed by atoms with Gasteiger partial charge in [-0.25, -0.2) is 12.8 Å². The average molecular weight is 400 g/mol. The number of carbonyl (C=O) groups is 1. The van der Waals surface area contributed by atoms with Gasteiger partial charge in [-0.1, -0.05) is 23.9 Å². The minimum Gasteiger partial charge on any atom is -0.348 e. The Labute approximate surface area is 157 Å². The summed E-state index contributed by atoms with van der Waals surface area (Å²) in [5.74, 6) is 0.135. The van der Waals surface area contributed by atoms with E-state index in [4.69, 9.17) is 0 Å². The Hall–Kier alpha value is -1.61. The lowest BCUT2D eigenvalue weighted by atomic mass is 10.1. The van der Waals surface area contributed by atoms with Crippen LogP contribution in [-0.2, 0) is 21.1 Å². The van der Waals surface area contributed by atoms with Gasteiger partial charge < -0.3 is 9.80 Å². The van der Waals surface area contributed by atoms with Gasteiger partial charge in [-0.3, -0.25) is 9.79 Å². The van der Waals surface area contributed by atoms with Gasteiger partial charge in [0.25, 0.3) is 0 Å². The van der Waals surface area contributed by atoms with E-state index in [-0.39, 0.29) is 41.1 Å². The van der Waals surface area contributed by atoms with Crippen molar-refractivity contribution >= 4 is 32.7 Å². The third-order valence-corrected chi connectivity index (χ3v) is 7.28. The van der Waals surface area contributed by atoms with Crippen molar-refractivity contribution in [3.8, 4) is 0 Å². The van der Waals surface area contributed by atoms with E-state index in [1.165, 1.54) is 28.8 Å². The Kier molecular flexibility index (Phi) is 5.57. The van der Waals surface area contributed by atoms with Crippen LogP contribution >= 0.6 is 11.8 Å². The van der Waals surface area contributed by atoms with Crippen LogP contribution in [0.25, 0.3) is 0 Å². The van der Waals surface area contributed by atoms with E-state index in [0.29, 0.717) is 13.0 Å². The van der Waals surface area contributed by atoms with Gasteiger partial charge in [0, 0.05) is 20.6 Å². The zero-order valence-corrected chi connectivity index (χ0v) is 16.4. The van der Waals surface area contributed by atoms with Gasteiger partial charge in [0.05, 0.1) is 29.3 Å². The van der Waals surface area contributed by atoms with Crippen LogP contribution < -0.4 is 0 Å². The van der Waals surface area contributed by atoms with Crippen molar-refractivity contribution in [1.29, 1.82) is 0 Å². The monoisotopic (exact) mass is 399 g/mol. The summed E-state index contributed by atoms with van der Waals surface area (Å²) >= 11 is 1.35. The molecule has 3 rings (SSSR count). The number of amides is 1. The summed E-state index contributed by atoms with van der Waals surface area (Å²) in [6.45, 7) is 0.588. The highest BCUT2D eigenvalue weighted by molar-refractivity contribution is 8.14. The SMILES string of the molecule is CN(C)C(=O)CSC1=N[C@@H]2CS(=O)(=O)C[C@@H]2N1CCc1ccc(F)cc1. The molecule has 0 radical (unpaired) electrons.